The summed E-state index contributed by atoms with van der Waals surface area (Å²) in [7, 11) is 4.94. The van der Waals surface area contributed by atoms with E-state index < -0.39 is 6.17 Å². The highest BCUT2D eigenvalue weighted by Crippen LogP contribution is 2.42. The van der Waals surface area contributed by atoms with Crippen LogP contribution < -0.4 is 20.1 Å². The summed E-state index contributed by atoms with van der Waals surface area (Å²) in [5, 5.41) is 7.31. The Hall–Kier alpha value is -3.37. The second-order valence-corrected chi connectivity index (χ2v) is 10.2. The molecule has 0 unspecified atom stereocenters. The minimum absolute atomic E-state index is 0.145. The topological polar surface area (TPSA) is 94.1 Å². The molecule has 8 nitrogen and oxygen atoms in total. The van der Waals surface area contributed by atoms with Crippen LogP contribution in [-0.2, 0) is 13.1 Å². The van der Waals surface area contributed by atoms with Crippen molar-refractivity contribution in [1.29, 1.82) is 0 Å². The maximum Gasteiger partial charge on any atom is 0.237 e. The van der Waals surface area contributed by atoms with E-state index in [9.17, 15) is 4.39 Å². The molecule has 40 heavy (non-hydrogen) atoms. The Labute approximate surface area is 242 Å². The Bertz CT molecular complexity index is 1520. The van der Waals surface area contributed by atoms with Crippen molar-refractivity contribution in [3.05, 3.63) is 70.2 Å². The van der Waals surface area contributed by atoms with E-state index in [0.717, 1.165) is 11.1 Å². The van der Waals surface area contributed by atoms with E-state index in [4.69, 9.17) is 32.7 Å². The molecule has 2 aromatic carbocycles. The van der Waals surface area contributed by atoms with Crippen LogP contribution >= 0.6 is 23.2 Å². The largest absolute Gasteiger partial charge is 0.480 e. The first-order valence-electron chi connectivity index (χ1n) is 12.8. The van der Waals surface area contributed by atoms with Crippen LogP contribution in [-0.4, -0.2) is 53.4 Å². The third kappa shape index (κ3) is 5.74. The third-order valence-electron chi connectivity index (χ3n) is 6.83. The molecule has 0 atom stereocenters. The molecule has 0 saturated heterocycles. The van der Waals surface area contributed by atoms with Gasteiger partial charge in [0.25, 0.3) is 0 Å². The summed E-state index contributed by atoms with van der Waals surface area (Å²) in [5.74, 6) is 0.815. The van der Waals surface area contributed by atoms with Crippen molar-refractivity contribution in [3.8, 4) is 45.4 Å². The summed E-state index contributed by atoms with van der Waals surface area (Å²) in [5.41, 5.74) is 5.34. The van der Waals surface area contributed by atoms with Gasteiger partial charge in [-0.2, -0.15) is 0 Å². The Morgan fingerprint density at radius 3 is 1.73 bits per heavy atom. The van der Waals surface area contributed by atoms with E-state index in [-0.39, 0.29) is 6.04 Å². The number of alkyl halides is 1. The van der Waals surface area contributed by atoms with E-state index in [2.05, 4.69) is 30.6 Å². The lowest BCUT2D eigenvalue weighted by Gasteiger charge is -2.30. The number of nitrogens with zero attached hydrogens (tertiary/aromatic N) is 4. The van der Waals surface area contributed by atoms with E-state index >= 15 is 0 Å². The number of hydrogen-bond donors (Lipinski definition) is 2. The lowest BCUT2D eigenvalue weighted by atomic mass is 9.91. The van der Waals surface area contributed by atoms with Gasteiger partial charge in [-0.3, -0.25) is 9.97 Å². The van der Waals surface area contributed by atoms with Crippen LogP contribution in [0.2, 0.25) is 10.0 Å². The summed E-state index contributed by atoms with van der Waals surface area (Å²) in [6.45, 7) is 0.964. The van der Waals surface area contributed by atoms with E-state index in [1.54, 1.807) is 26.6 Å². The molecule has 1 saturated carbocycles. The molecule has 1 aliphatic carbocycles. The standard InChI is InChI=1S/C29H29Cl2FN6O2/c1-33-12-24-28(39-2)37-22(13-35-24)20-8-4-6-18(26(20)30)19-7-5-9-21(27(19)31)23-14-36-25(29(38-23)40-3)15-34-17-10-16(32)11-17/h4-9,13-14,16-17,33-34H,10-12,15H2,1-3H3. The fraction of sp³-hybridized carbons (Fsp3) is 0.310. The van der Waals surface area contributed by atoms with Gasteiger partial charge >= 0.3 is 0 Å². The van der Waals surface area contributed by atoms with Crippen molar-refractivity contribution in [2.45, 2.75) is 38.1 Å². The van der Waals surface area contributed by atoms with Gasteiger partial charge in [-0.25, -0.2) is 14.4 Å². The zero-order chi connectivity index (χ0) is 28.2. The highest BCUT2D eigenvalue weighted by Gasteiger charge is 2.28. The van der Waals surface area contributed by atoms with Crippen LogP contribution in [0.4, 0.5) is 4.39 Å². The van der Waals surface area contributed by atoms with Gasteiger partial charge in [-0.05, 0) is 19.9 Å². The lowest BCUT2D eigenvalue weighted by molar-refractivity contribution is 0.154. The molecule has 0 amide bonds. The predicted octanol–water partition coefficient (Wildman–Crippen LogP) is 5.90. The quantitative estimate of drug-likeness (QED) is 0.238. The van der Waals surface area contributed by atoms with Crippen molar-refractivity contribution in [2.24, 2.45) is 0 Å². The van der Waals surface area contributed by atoms with E-state index in [1.807, 2.05) is 43.4 Å². The Kier molecular flexibility index (Phi) is 8.75. The highest BCUT2D eigenvalue weighted by molar-refractivity contribution is 6.39. The average Bonchev–Trinajstić information content (AvgIpc) is 2.95. The summed E-state index contributed by atoms with van der Waals surface area (Å²) in [4.78, 5) is 18.4. The van der Waals surface area contributed by atoms with Crippen molar-refractivity contribution < 1.29 is 13.9 Å². The van der Waals surface area contributed by atoms with Gasteiger partial charge in [-0.1, -0.05) is 59.6 Å². The fourth-order valence-corrected chi connectivity index (χ4v) is 5.27. The smallest absolute Gasteiger partial charge is 0.237 e. The zero-order valence-electron chi connectivity index (χ0n) is 22.3. The minimum atomic E-state index is -0.726. The van der Waals surface area contributed by atoms with Gasteiger partial charge in [0.05, 0.1) is 48.0 Å². The van der Waals surface area contributed by atoms with Crippen molar-refractivity contribution in [1.82, 2.24) is 30.6 Å². The summed E-state index contributed by atoms with van der Waals surface area (Å²) in [6.07, 6.45) is 3.65. The van der Waals surface area contributed by atoms with Crippen LogP contribution in [0, 0.1) is 0 Å². The molecule has 2 heterocycles. The minimum Gasteiger partial charge on any atom is -0.480 e. The zero-order valence-corrected chi connectivity index (χ0v) is 23.9. The number of aromatic nitrogens is 4. The van der Waals surface area contributed by atoms with Crippen LogP contribution in [0.1, 0.15) is 24.2 Å². The van der Waals surface area contributed by atoms with Gasteiger partial charge in [0.15, 0.2) is 0 Å². The molecule has 0 radical (unpaired) electrons. The number of rotatable bonds is 10. The second kappa shape index (κ2) is 12.4. The van der Waals surface area contributed by atoms with Crippen molar-refractivity contribution >= 4 is 23.2 Å². The highest BCUT2D eigenvalue weighted by atomic mass is 35.5. The first-order chi connectivity index (χ1) is 19.4. The summed E-state index contributed by atoms with van der Waals surface area (Å²) < 4.78 is 24.1. The molecule has 2 N–H and O–H groups in total. The summed E-state index contributed by atoms with van der Waals surface area (Å²) in [6, 6.07) is 11.5. The summed E-state index contributed by atoms with van der Waals surface area (Å²) >= 11 is 13.9. The molecule has 1 aliphatic rings. The molecule has 4 aromatic rings. The van der Waals surface area contributed by atoms with Gasteiger partial charge in [0.2, 0.25) is 11.8 Å². The molecule has 0 spiro atoms. The van der Waals surface area contributed by atoms with Crippen molar-refractivity contribution in [3.63, 3.8) is 0 Å². The molecule has 2 aromatic heterocycles. The monoisotopic (exact) mass is 582 g/mol. The Morgan fingerprint density at radius 2 is 1.27 bits per heavy atom. The number of benzene rings is 2. The maximum absolute atomic E-state index is 13.2. The molecule has 1 fully saturated rings. The number of hydrogen-bond acceptors (Lipinski definition) is 8. The third-order valence-corrected chi connectivity index (χ3v) is 7.65. The molecular weight excluding hydrogens is 554 g/mol. The van der Waals surface area contributed by atoms with Crippen LogP contribution in [0.25, 0.3) is 33.6 Å². The average molecular weight is 583 g/mol. The number of ether oxygens (including phenoxy) is 2. The normalized spacial score (nSPS) is 16.4. The van der Waals surface area contributed by atoms with Gasteiger partial charge < -0.3 is 20.1 Å². The Balaban J connectivity index is 1.47. The SMILES string of the molecule is CNCc1ncc(-c2cccc(-c3cccc(-c4cnc(CNC5CC(F)C5)c(OC)n4)c3Cl)c2Cl)nc1OC. The van der Waals surface area contributed by atoms with Crippen LogP contribution in [0.5, 0.6) is 11.8 Å². The molecule has 11 heteroatoms. The molecule has 0 bridgehead atoms. The maximum atomic E-state index is 13.2. The van der Waals surface area contributed by atoms with E-state index in [0.29, 0.717) is 81.6 Å². The predicted molar refractivity (Wildman–Crippen MR) is 155 cm³/mol. The number of halogens is 3. The van der Waals surface area contributed by atoms with Gasteiger partial charge in [0.1, 0.15) is 17.6 Å². The second-order valence-electron chi connectivity index (χ2n) is 9.43. The first kappa shape index (κ1) is 28.2. The number of methoxy groups -OCH3 is 2. The van der Waals surface area contributed by atoms with Crippen molar-refractivity contribution in [2.75, 3.05) is 21.3 Å². The molecule has 208 valence electrons. The number of nitrogens with one attached hydrogen (secondary N) is 2. The van der Waals surface area contributed by atoms with Crippen LogP contribution in [0.15, 0.2) is 48.8 Å². The molecule has 0 aliphatic heterocycles. The van der Waals surface area contributed by atoms with Gasteiger partial charge in [0, 0.05) is 41.4 Å². The van der Waals surface area contributed by atoms with Gasteiger partial charge in [-0.15, -0.1) is 0 Å². The van der Waals surface area contributed by atoms with Crippen LogP contribution in [0.3, 0.4) is 0 Å². The lowest BCUT2D eigenvalue weighted by Crippen LogP contribution is -2.42. The molecule has 5 rings (SSSR count). The first-order valence-corrected chi connectivity index (χ1v) is 13.6. The van der Waals surface area contributed by atoms with E-state index in [1.165, 1.54) is 0 Å². The Morgan fingerprint density at radius 1 is 0.800 bits per heavy atom. The molecular formula is C29H29Cl2FN6O2. The fourth-order valence-electron chi connectivity index (χ4n) is 4.62.